The Kier molecular flexibility index (Phi) is 6.69. The summed E-state index contributed by atoms with van der Waals surface area (Å²) in [5.41, 5.74) is 5.82. The number of primary amides is 1. The van der Waals surface area contributed by atoms with Crippen LogP contribution in [0.25, 0.3) is 0 Å². The molecule has 1 rings (SSSR count). The van der Waals surface area contributed by atoms with Crippen LogP contribution in [-0.4, -0.2) is 12.7 Å². The zero-order valence-corrected chi connectivity index (χ0v) is 8.25. The molecule has 0 aromatic carbocycles. The molecule has 74 valence electrons. The minimum Gasteiger partial charge on any atom is -0.445 e. The SMILES string of the molecule is CC.NC(=O)OCC1=CCCC=C1. The van der Waals surface area contributed by atoms with Gasteiger partial charge in [0.15, 0.2) is 0 Å². The van der Waals surface area contributed by atoms with Crippen molar-refractivity contribution in [2.75, 3.05) is 6.61 Å². The second-order valence-electron chi connectivity index (χ2n) is 2.37. The van der Waals surface area contributed by atoms with Crippen LogP contribution in [0, 0.1) is 0 Å². The Hall–Kier alpha value is -1.25. The molecule has 0 bridgehead atoms. The van der Waals surface area contributed by atoms with Crippen LogP contribution < -0.4 is 5.73 Å². The van der Waals surface area contributed by atoms with Gasteiger partial charge in [0.25, 0.3) is 0 Å². The number of hydrogen-bond acceptors (Lipinski definition) is 2. The molecule has 1 aliphatic carbocycles. The van der Waals surface area contributed by atoms with Gasteiger partial charge in [0.2, 0.25) is 0 Å². The highest BCUT2D eigenvalue weighted by Gasteiger charge is 1.99. The lowest BCUT2D eigenvalue weighted by Crippen LogP contribution is -2.14. The van der Waals surface area contributed by atoms with Crippen LogP contribution in [0.3, 0.4) is 0 Å². The number of rotatable bonds is 2. The topological polar surface area (TPSA) is 52.3 Å². The van der Waals surface area contributed by atoms with Gasteiger partial charge in [-0.05, 0) is 18.4 Å². The summed E-state index contributed by atoms with van der Waals surface area (Å²) in [6.45, 7) is 4.30. The zero-order chi connectivity index (χ0) is 10.1. The molecule has 0 fully saturated rings. The minimum atomic E-state index is -0.718. The van der Waals surface area contributed by atoms with Crippen LogP contribution in [0.2, 0.25) is 0 Å². The molecule has 13 heavy (non-hydrogen) atoms. The fraction of sp³-hybridized carbons (Fsp3) is 0.500. The van der Waals surface area contributed by atoms with Crippen molar-refractivity contribution in [2.45, 2.75) is 26.7 Å². The lowest BCUT2D eigenvalue weighted by atomic mass is 10.1. The highest BCUT2D eigenvalue weighted by Crippen LogP contribution is 2.09. The molecule has 0 saturated carbocycles. The van der Waals surface area contributed by atoms with Gasteiger partial charge < -0.3 is 10.5 Å². The maximum atomic E-state index is 10.2. The van der Waals surface area contributed by atoms with Crippen molar-refractivity contribution in [1.29, 1.82) is 0 Å². The molecule has 2 N–H and O–H groups in total. The summed E-state index contributed by atoms with van der Waals surface area (Å²) < 4.78 is 4.60. The Bertz CT molecular complexity index is 207. The number of ether oxygens (including phenoxy) is 1. The molecule has 3 heteroatoms. The molecule has 0 radical (unpaired) electrons. The maximum Gasteiger partial charge on any atom is 0.404 e. The van der Waals surface area contributed by atoms with Gasteiger partial charge in [0.05, 0.1) is 0 Å². The summed E-state index contributed by atoms with van der Waals surface area (Å²) in [7, 11) is 0. The molecule has 3 nitrogen and oxygen atoms in total. The predicted molar refractivity (Wildman–Crippen MR) is 53.3 cm³/mol. The average molecular weight is 183 g/mol. The first kappa shape index (κ1) is 11.8. The molecule has 1 amide bonds. The monoisotopic (exact) mass is 183 g/mol. The fourth-order valence-corrected chi connectivity index (χ4v) is 0.929. The number of carbonyl (C=O) groups excluding carboxylic acids is 1. The Morgan fingerprint density at radius 1 is 1.54 bits per heavy atom. The molecule has 0 aromatic heterocycles. The van der Waals surface area contributed by atoms with E-state index >= 15 is 0 Å². The highest BCUT2D eigenvalue weighted by atomic mass is 16.5. The van der Waals surface area contributed by atoms with E-state index in [1.54, 1.807) is 0 Å². The third kappa shape index (κ3) is 5.96. The molecule has 0 heterocycles. The first-order valence-electron chi connectivity index (χ1n) is 4.57. The second-order valence-corrected chi connectivity index (χ2v) is 2.37. The minimum absolute atomic E-state index is 0.297. The predicted octanol–water partition coefficient (Wildman–Crippen LogP) is 2.38. The van der Waals surface area contributed by atoms with E-state index in [1.807, 2.05) is 26.0 Å². The van der Waals surface area contributed by atoms with Crippen LogP contribution >= 0.6 is 0 Å². The van der Waals surface area contributed by atoms with Crippen molar-refractivity contribution < 1.29 is 9.53 Å². The maximum absolute atomic E-state index is 10.2. The van der Waals surface area contributed by atoms with E-state index in [0.717, 1.165) is 18.4 Å². The van der Waals surface area contributed by atoms with E-state index in [2.05, 4.69) is 10.8 Å². The van der Waals surface area contributed by atoms with E-state index in [4.69, 9.17) is 5.73 Å². The second kappa shape index (κ2) is 7.40. The smallest absolute Gasteiger partial charge is 0.404 e. The van der Waals surface area contributed by atoms with Crippen molar-refractivity contribution in [3.05, 3.63) is 23.8 Å². The van der Waals surface area contributed by atoms with Crippen molar-refractivity contribution in [1.82, 2.24) is 0 Å². The standard InChI is InChI=1S/C8H11NO2.C2H6/c9-8(10)11-6-7-4-2-1-3-5-7;1-2/h2,4-5H,1,3,6H2,(H2,9,10);1-2H3. The fourth-order valence-electron chi connectivity index (χ4n) is 0.929. The quantitative estimate of drug-likeness (QED) is 0.714. The first-order valence-corrected chi connectivity index (χ1v) is 4.57. The van der Waals surface area contributed by atoms with Gasteiger partial charge in [-0.3, -0.25) is 0 Å². The summed E-state index contributed by atoms with van der Waals surface area (Å²) >= 11 is 0. The summed E-state index contributed by atoms with van der Waals surface area (Å²) in [5, 5.41) is 0. The number of carbonyl (C=O) groups is 1. The normalized spacial score (nSPS) is 13.8. The molecule has 1 aliphatic rings. The van der Waals surface area contributed by atoms with Gasteiger partial charge in [-0.2, -0.15) is 0 Å². The zero-order valence-electron chi connectivity index (χ0n) is 8.25. The van der Waals surface area contributed by atoms with Crippen molar-refractivity contribution >= 4 is 6.09 Å². The van der Waals surface area contributed by atoms with Crippen molar-refractivity contribution in [3.8, 4) is 0 Å². The highest BCUT2D eigenvalue weighted by molar-refractivity contribution is 5.64. The molecular weight excluding hydrogens is 166 g/mol. The van der Waals surface area contributed by atoms with E-state index in [0.29, 0.717) is 6.61 Å². The van der Waals surface area contributed by atoms with Crippen LogP contribution in [0.15, 0.2) is 23.8 Å². The largest absolute Gasteiger partial charge is 0.445 e. The Balaban J connectivity index is 0.000000671. The molecule has 0 spiro atoms. The van der Waals surface area contributed by atoms with E-state index in [9.17, 15) is 4.79 Å². The number of allylic oxidation sites excluding steroid dienone is 2. The Morgan fingerprint density at radius 3 is 2.69 bits per heavy atom. The van der Waals surface area contributed by atoms with E-state index < -0.39 is 6.09 Å². The third-order valence-electron chi connectivity index (χ3n) is 1.45. The molecule has 0 unspecified atom stereocenters. The lowest BCUT2D eigenvalue weighted by Gasteiger charge is -2.05. The van der Waals surface area contributed by atoms with Gasteiger partial charge in [-0.1, -0.05) is 32.1 Å². The molecule has 0 saturated heterocycles. The summed E-state index contributed by atoms with van der Waals surface area (Å²) in [6, 6.07) is 0. The van der Waals surface area contributed by atoms with Crippen molar-refractivity contribution in [3.63, 3.8) is 0 Å². The van der Waals surface area contributed by atoms with E-state index in [1.165, 1.54) is 0 Å². The molecule has 0 atom stereocenters. The van der Waals surface area contributed by atoms with Crippen LogP contribution in [-0.2, 0) is 4.74 Å². The van der Waals surface area contributed by atoms with Gasteiger partial charge in [0.1, 0.15) is 6.61 Å². The Morgan fingerprint density at radius 2 is 2.23 bits per heavy atom. The summed E-state index contributed by atoms with van der Waals surface area (Å²) in [4.78, 5) is 10.2. The molecular formula is C10H17NO2. The number of amides is 1. The number of hydrogen-bond donors (Lipinski definition) is 1. The average Bonchev–Trinajstić information content (AvgIpc) is 2.19. The van der Waals surface area contributed by atoms with Crippen LogP contribution in [0.1, 0.15) is 26.7 Å². The van der Waals surface area contributed by atoms with Crippen molar-refractivity contribution in [2.24, 2.45) is 5.73 Å². The van der Waals surface area contributed by atoms with E-state index in [-0.39, 0.29) is 0 Å². The first-order chi connectivity index (χ1) is 6.29. The summed E-state index contributed by atoms with van der Waals surface area (Å²) in [6.07, 6.45) is 7.42. The summed E-state index contributed by atoms with van der Waals surface area (Å²) in [5.74, 6) is 0. The molecule has 0 aromatic rings. The molecule has 0 aliphatic heterocycles. The third-order valence-corrected chi connectivity index (χ3v) is 1.45. The van der Waals surface area contributed by atoms with Crippen LogP contribution in [0.5, 0.6) is 0 Å². The van der Waals surface area contributed by atoms with Gasteiger partial charge in [-0.15, -0.1) is 0 Å². The Labute approximate surface area is 79.3 Å². The number of nitrogens with two attached hydrogens (primary N) is 1. The van der Waals surface area contributed by atoms with Gasteiger partial charge in [0, 0.05) is 0 Å². The lowest BCUT2D eigenvalue weighted by molar-refractivity contribution is 0.167. The van der Waals surface area contributed by atoms with Gasteiger partial charge >= 0.3 is 6.09 Å². The van der Waals surface area contributed by atoms with Gasteiger partial charge in [-0.25, -0.2) is 4.79 Å². The van der Waals surface area contributed by atoms with Crippen LogP contribution in [0.4, 0.5) is 4.79 Å².